The molecule has 6 nitrogen and oxygen atoms in total. The second kappa shape index (κ2) is 8.79. The minimum atomic E-state index is -1.16. The van der Waals surface area contributed by atoms with Crippen LogP contribution in [0.15, 0.2) is 24.3 Å². The third-order valence-electron chi connectivity index (χ3n) is 7.01. The fourth-order valence-electron chi connectivity index (χ4n) is 4.89. The van der Waals surface area contributed by atoms with E-state index in [1.54, 1.807) is 9.58 Å². The molecular formula is C26H35ClN4O2. The van der Waals surface area contributed by atoms with Crippen LogP contribution in [0.3, 0.4) is 0 Å². The van der Waals surface area contributed by atoms with Crippen molar-refractivity contribution in [1.29, 1.82) is 0 Å². The van der Waals surface area contributed by atoms with Crippen LogP contribution in [-0.4, -0.2) is 33.2 Å². The van der Waals surface area contributed by atoms with Crippen molar-refractivity contribution in [2.75, 3.05) is 4.90 Å². The lowest BCUT2D eigenvalue weighted by molar-refractivity contribution is -0.127. The number of amides is 2. The highest BCUT2D eigenvalue weighted by atomic mass is 35.5. The van der Waals surface area contributed by atoms with Crippen LogP contribution >= 0.6 is 11.6 Å². The average molecular weight is 471 g/mol. The number of carbonyl (C=O) groups excluding carboxylic acids is 2. The van der Waals surface area contributed by atoms with Crippen molar-refractivity contribution in [1.82, 2.24) is 15.1 Å². The van der Waals surface area contributed by atoms with Gasteiger partial charge in [0.2, 0.25) is 5.91 Å². The summed E-state index contributed by atoms with van der Waals surface area (Å²) in [6.07, 6.45) is 6.60. The molecule has 178 valence electrons. The van der Waals surface area contributed by atoms with Gasteiger partial charge in [-0.1, -0.05) is 70.2 Å². The summed E-state index contributed by atoms with van der Waals surface area (Å²) in [6, 6.07) is 7.58. The van der Waals surface area contributed by atoms with Crippen LogP contribution < -0.4 is 10.2 Å². The highest BCUT2D eigenvalue weighted by Gasteiger charge is 2.50. The Balaban J connectivity index is 1.79. The summed E-state index contributed by atoms with van der Waals surface area (Å²) in [5.74, 6) is -0.408. The Morgan fingerprint density at radius 2 is 1.85 bits per heavy atom. The first kappa shape index (κ1) is 23.8. The van der Waals surface area contributed by atoms with E-state index in [4.69, 9.17) is 16.7 Å². The minimum Gasteiger partial charge on any atom is -0.351 e. The van der Waals surface area contributed by atoms with Crippen molar-refractivity contribution in [3.8, 4) is 0 Å². The number of aromatic nitrogens is 2. The summed E-state index contributed by atoms with van der Waals surface area (Å²) >= 11 is 6.69. The van der Waals surface area contributed by atoms with Crippen LogP contribution in [0.5, 0.6) is 0 Å². The van der Waals surface area contributed by atoms with E-state index in [1.165, 1.54) is 12.8 Å². The molecule has 1 aliphatic carbocycles. The lowest BCUT2D eigenvalue weighted by atomic mass is 9.91. The number of rotatable bonds is 3. The number of nitrogens with zero attached hydrogens (tertiary/aromatic N) is 3. The van der Waals surface area contributed by atoms with Crippen molar-refractivity contribution in [3.63, 3.8) is 0 Å². The van der Waals surface area contributed by atoms with Crippen molar-refractivity contribution in [3.05, 3.63) is 46.2 Å². The molecule has 1 aromatic carbocycles. The Morgan fingerprint density at radius 3 is 2.48 bits per heavy atom. The lowest BCUT2D eigenvalue weighted by Gasteiger charge is -2.44. The Morgan fingerprint density at radius 1 is 1.18 bits per heavy atom. The summed E-state index contributed by atoms with van der Waals surface area (Å²) in [6.45, 7) is 10.2. The molecule has 1 unspecified atom stereocenters. The third kappa shape index (κ3) is 4.42. The van der Waals surface area contributed by atoms with E-state index in [1.807, 2.05) is 38.1 Å². The van der Waals surface area contributed by atoms with Crippen LogP contribution in [0.25, 0.3) is 0 Å². The molecule has 0 radical (unpaired) electrons. The molecule has 2 heterocycles. The first-order valence-corrected chi connectivity index (χ1v) is 12.4. The fourth-order valence-corrected chi connectivity index (χ4v) is 5.11. The highest BCUT2D eigenvalue weighted by molar-refractivity contribution is 6.35. The second-order valence-electron chi connectivity index (χ2n) is 10.8. The van der Waals surface area contributed by atoms with Gasteiger partial charge in [-0.25, -0.2) is 0 Å². The number of carbonyl (C=O) groups is 2. The molecule has 0 saturated heterocycles. The normalized spacial score (nSPS) is 22.1. The van der Waals surface area contributed by atoms with Gasteiger partial charge in [-0.3, -0.25) is 19.2 Å². The summed E-state index contributed by atoms with van der Waals surface area (Å²) in [7, 11) is 0. The van der Waals surface area contributed by atoms with E-state index in [0.29, 0.717) is 16.4 Å². The van der Waals surface area contributed by atoms with Crippen molar-refractivity contribution in [2.45, 2.75) is 96.7 Å². The Labute approximate surface area is 201 Å². The van der Waals surface area contributed by atoms with Gasteiger partial charge in [0, 0.05) is 11.5 Å². The highest BCUT2D eigenvalue weighted by Crippen LogP contribution is 2.39. The molecule has 2 aliphatic rings. The monoisotopic (exact) mass is 470 g/mol. The van der Waals surface area contributed by atoms with Gasteiger partial charge in [0.15, 0.2) is 0 Å². The topological polar surface area (TPSA) is 67.2 Å². The molecule has 4 rings (SSSR count). The van der Waals surface area contributed by atoms with Gasteiger partial charge in [0.05, 0.1) is 22.9 Å². The fraction of sp³-hybridized carbons (Fsp3) is 0.577. The zero-order valence-corrected chi connectivity index (χ0v) is 21.1. The van der Waals surface area contributed by atoms with Crippen LogP contribution in [0.2, 0.25) is 5.02 Å². The van der Waals surface area contributed by atoms with Gasteiger partial charge in [-0.05, 0) is 44.4 Å². The van der Waals surface area contributed by atoms with Crippen LogP contribution in [-0.2, 0) is 16.8 Å². The molecule has 1 aromatic heterocycles. The second-order valence-corrected chi connectivity index (χ2v) is 11.2. The molecule has 1 saturated carbocycles. The predicted molar refractivity (Wildman–Crippen MR) is 132 cm³/mol. The molecule has 1 atom stereocenters. The number of fused-ring (bicyclic) bond motifs is 1. The molecule has 1 aliphatic heterocycles. The largest absolute Gasteiger partial charge is 0.351 e. The summed E-state index contributed by atoms with van der Waals surface area (Å²) in [5.41, 5.74) is 1.37. The van der Waals surface area contributed by atoms with Gasteiger partial charge >= 0.3 is 0 Å². The number of nitrogens with one attached hydrogen (secondary N) is 1. The van der Waals surface area contributed by atoms with Gasteiger partial charge in [-0.15, -0.1) is 0 Å². The predicted octanol–water partition coefficient (Wildman–Crippen LogP) is 5.40. The molecule has 0 spiro atoms. The van der Waals surface area contributed by atoms with E-state index in [9.17, 15) is 9.59 Å². The number of aryl methyl sites for hydroxylation is 1. The Hall–Kier alpha value is -2.34. The van der Waals surface area contributed by atoms with E-state index in [2.05, 4.69) is 26.1 Å². The molecule has 1 N–H and O–H groups in total. The number of hydrogen-bond acceptors (Lipinski definition) is 3. The first-order valence-electron chi connectivity index (χ1n) is 12.0. The smallest absolute Gasteiger partial charge is 0.277 e. The molecular weight excluding hydrogens is 436 g/mol. The summed E-state index contributed by atoms with van der Waals surface area (Å²) < 4.78 is 1.70. The zero-order valence-electron chi connectivity index (χ0n) is 20.4. The Bertz CT molecular complexity index is 1060. The number of hydrogen-bond donors (Lipinski definition) is 1. The van der Waals surface area contributed by atoms with Gasteiger partial charge in [-0.2, -0.15) is 5.10 Å². The van der Waals surface area contributed by atoms with Crippen molar-refractivity contribution >= 4 is 29.1 Å². The third-order valence-corrected chi connectivity index (χ3v) is 7.51. The Kier molecular flexibility index (Phi) is 6.34. The van der Waals surface area contributed by atoms with E-state index in [0.717, 1.165) is 36.9 Å². The van der Waals surface area contributed by atoms with E-state index in [-0.39, 0.29) is 29.8 Å². The van der Waals surface area contributed by atoms with Crippen molar-refractivity contribution in [2.24, 2.45) is 0 Å². The van der Waals surface area contributed by atoms with Gasteiger partial charge in [0.25, 0.3) is 5.91 Å². The van der Waals surface area contributed by atoms with Crippen molar-refractivity contribution < 1.29 is 9.59 Å². The standard InChI is InChI=1S/C26H35ClN4O2/c1-17-11-10-14-19(22(17)27)31-23(32)20-15-21(25(2,3)4)29-30(20)16-26(31,5)24(33)28-18-12-8-6-7-9-13-18/h10-11,14-15,18H,6-9,12-13,16H2,1-5H3,(H,28,33). The van der Waals surface area contributed by atoms with E-state index >= 15 is 0 Å². The number of benzene rings is 1. The van der Waals surface area contributed by atoms with Gasteiger partial charge in [0.1, 0.15) is 11.2 Å². The molecule has 2 amide bonds. The SMILES string of the molecule is Cc1cccc(N2C(=O)c3cc(C(C)(C)C)nn3CC2(C)C(=O)NC2CCCCCC2)c1Cl. The summed E-state index contributed by atoms with van der Waals surface area (Å²) in [4.78, 5) is 29.4. The van der Waals surface area contributed by atoms with E-state index < -0.39 is 5.54 Å². The molecule has 1 fully saturated rings. The maximum atomic E-state index is 13.9. The number of halogens is 1. The van der Waals surface area contributed by atoms with Crippen LogP contribution in [0.1, 0.15) is 88.0 Å². The molecule has 7 heteroatoms. The molecule has 33 heavy (non-hydrogen) atoms. The summed E-state index contributed by atoms with van der Waals surface area (Å²) in [5, 5.41) is 8.50. The minimum absolute atomic E-state index is 0.130. The maximum absolute atomic E-state index is 13.9. The first-order chi connectivity index (χ1) is 15.5. The molecule has 2 aromatic rings. The molecule has 0 bridgehead atoms. The maximum Gasteiger partial charge on any atom is 0.277 e. The van der Waals surface area contributed by atoms with Crippen LogP contribution in [0, 0.1) is 6.92 Å². The lowest BCUT2D eigenvalue weighted by Crippen LogP contribution is -2.65. The zero-order chi connectivity index (χ0) is 24.0. The van der Waals surface area contributed by atoms with Gasteiger partial charge < -0.3 is 5.32 Å². The van der Waals surface area contributed by atoms with Crippen LogP contribution in [0.4, 0.5) is 5.69 Å². The average Bonchev–Trinajstić information content (AvgIpc) is 3.01. The quantitative estimate of drug-likeness (QED) is 0.610. The number of anilines is 1.